The van der Waals surface area contributed by atoms with Crippen LogP contribution in [0.4, 0.5) is 4.39 Å². The monoisotopic (exact) mass is 182 g/mol. The molecule has 1 heterocycles. The minimum Gasteiger partial charge on any atom is -0.494 e. The SMILES string of the molecule is COc1ccc(C2(C)CO2)cc1F. The highest BCUT2D eigenvalue weighted by atomic mass is 19.1. The molecule has 1 saturated heterocycles. The molecule has 0 aliphatic carbocycles. The van der Waals surface area contributed by atoms with E-state index in [1.54, 1.807) is 6.07 Å². The lowest BCUT2D eigenvalue weighted by Crippen LogP contribution is -2.02. The lowest BCUT2D eigenvalue weighted by Gasteiger charge is -2.07. The first-order valence-corrected chi connectivity index (χ1v) is 4.14. The van der Waals surface area contributed by atoms with Gasteiger partial charge in [-0.15, -0.1) is 0 Å². The molecule has 0 aromatic heterocycles. The van der Waals surface area contributed by atoms with Crippen molar-refractivity contribution in [1.82, 2.24) is 0 Å². The fourth-order valence-corrected chi connectivity index (χ4v) is 1.27. The summed E-state index contributed by atoms with van der Waals surface area (Å²) in [5, 5.41) is 0. The number of hydrogen-bond acceptors (Lipinski definition) is 2. The van der Waals surface area contributed by atoms with Gasteiger partial charge in [-0.05, 0) is 24.6 Å². The van der Waals surface area contributed by atoms with Crippen LogP contribution in [-0.4, -0.2) is 13.7 Å². The van der Waals surface area contributed by atoms with Crippen LogP contribution in [0.25, 0.3) is 0 Å². The van der Waals surface area contributed by atoms with Gasteiger partial charge in [0.1, 0.15) is 5.60 Å². The average Bonchev–Trinajstić information content (AvgIpc) is 2.85. The van der Waals surface area contributed by atoms with Crippen LogP contribution in [0.5, 0.6) is 5.75 Å². The van der Waals surface area contributed by atoms with Crippen molar-refractivity contribution in [2.75, 3.05) is 13.7 Å². The van der Waals surface area contributed by atoms with E-state index in [-0.39, 0.29) is 17.2 Å². The van der Waals surface area contributed by atoms with E-state index < -0.39 is 0 Å². The summed E-state index contributed by atoms with van der Waals surface area (Å²) in [6.45, 7) is 2.60. The number of halogens is 1. The van der Waals surface area contributed by atoms with Crippen molar-refractivity contribution < 1.29 is 13.9 Å². The second-order valence-electron chi connectivity index (χ2n) is 3.37. The molecule has 1 unspecified atom stereocenters. The Hall–Kier alpha value is -1.09. The fraction of sp³-hybridized carbons (Fsp3) is 0.400. The number of benzene rings is 1. The first kappa shape index (κ1) is 8.51. The molecule has 1 aromatic carbocycles. The molecule has 0 amide bonds. The first-order chi connectivity index (χ1) is 6.15. The standard InChI is InChI=1S/C10H11FO2/c1-10(6-13-10)7-3-4-9(12-2)8(11)5-7/h3-5H,6H2,1-2H3. The quantitative estimate of drug-likeness (QED) is 0.653. The van der Waals surface area contributed by atoms with Gasteiger partial charge in [0.15, 0.2) is 11.6 Å². The maximum Gasteiger partial charge on any atom is 0.165 e. The molecule has 0 N–H and O–H groups in total. The van der Waals surface area contributed by atoms with Gasteiger partial charge in [-0.25, -0.2) is 4.39 Å². The van der Waals surface area contributed by atoms with Crippen molar-refractivity contribution >= 4 is 0 Å². The van der Waals surface area contributed by atoms with Crippen LogP contribution in [0.3, 0.4) is 0 Å². The lowest BCUT2D eigenvalue weighted by molar-refractivity contribution is 0.327. The van der Waals surface area contributed by atoms with Gasteiger partial charge in [0.25, 0.3) is 0 Å². The van der Waals surface area contributed by atoms with E-state index in [4.69, 9.17) is 9.47 Å². The summed E-state index contributed by atoms with van der Waals surface area (Å²) in [4.78, 5) is 0. The minimum atomic E-state index is -0.336. The Kier molecular flexibility index (Phi) is 1.77. The molecule has 1 fully saturated rings. The van der Waals surface area contributed by atoms with Crippen molar-refractivity contribution in [1.29, 1.82) is 0 Å². The van der Waals surface area contributed by atoms with Gasteiger partial charge in [0.05, 0.1) is 13.7 Å². The molecule has 1 atom stereocenters. The molecule has 3 heteroatoms. The molecule has 2 rings (SSSR count). The predicted molar refractivity (Wildman–Crippen MR) is 46.3 cm³/mol. The summed E-state index contributed by atoms with van der Waals surface area (Å²) in [5.41, 5.74) is 0.596. The molecule has 0 saturated carbocycles. The molecular weight excluding hydrogens is 171 g/mol. The van der Waals surface area contributed by atoms with Crippen LogP contribution in [0.15, 0.2) is 18.2 Å². The Morgan fingerprint density at radius 2 is 2.23 bits per heavy atom. The van der Waals surface area contributed by atoms with Crippen molar-refractivity contribution in [3.8, 4) is 5.75 Å². The number of methoxy groups -OCH3 is 1. The van der Waals surface area contributed by atoms with Gasteiger partial charge in [-0.1, -0.05) is 6.07 Å². The molecule has 0 spiro atoms. The third-order valence-corrected chi connectivity index (χ3v) is 2.34. The van der Waals surface area contributed by atoms with Crippen LogP contribution in [0.2, 0.25) is 0 Å². The summed E-state index contributed by atoms with van der Waals surface area (Å²) >= 11 is 0. The maximum absolute atomic E-state index is 13.2. The van der Waals surface area contributed by atoms with E-state index >= 15 is 0 Å². The second-order valence-corrected chi connectivity index (χ2v) is 3.37. The van der Waals surface area contributed by atoms with Crippen molar-refractivity contribution in [2.45, 2.75) is 12.5 Å². The predicted octanol–water partition coefficient (Wildman–Crippen LogP) is 2.08. The molecule has 1 aliphatic rings. The molecule has 0 radical (unpaired) electrons. The van der Waals surface area contributed by atoms with E-state index in [0.717, 1.165) is 5.56 Å². The first-order valence-electron chi connectivity index (χ1n) is 4.14. The zero-order chi connectivity index (χ0) is 9.47. The molecule has 2 nitrogen and oxygen atoms in total. The van der Waals surface area contributed by atoms with E-state index in [0.29, 0.717) is 6.61 Å². The van der Waals surface area contributed by atoms with Gasteiger partial charge < -0.3 is 9.47 Å². The Labute approximate surface area is 76.3 Å². The topological polar surface area (TPSA) is 21.8 Å². The summed E-state index contributed by atoms with van der Waals surface area (Å²) in [6.07, 6.45) is 0. The Balaban J connectivity index is 2.36. The van der Waals surface area contributed by atoms with E-state index in [9.17, 15) is 4.39 Å². The molecular formula is C10H11FO2. The van der Waals surface area contributed by atoms with Crippen LogP contribution >= 0.6 is 0 Å². The molecule has 1 aromatic rings. The van der Waals surface area contributed by atoms with Crippen LogP contribution in [0.1, 0.15) is 12.5 Å². The third kappa shape index (κ3) is 1.40. The Morgan fingerprint density at radius 1 is 1.54 bits per heavy atom. The van der Waals surface area contributed by atoms with Gasteiger partial charge in [-0.3, -0.25) is 0 Å². The second kappa shape index (κ2) is 2.70. The zero-order valence-corrected chi connectivity index (χ0v) is 7.63. The summed E-state index contributed by atoms with van der Waals surface area (Å²) in [6, 6.07) is 4.92. The lowest BCUT2D eigenvalue weighted by atomic mass is 10.0. The van der Waals surface area contributed by atoms with Crippen molar-refractivity contribution in [2.24, 2.45) is 0 Å². The molecule has 1 aliphatic heterocycles. The number of hydrogen-bond donors (Lipinski definition) is 0. The number of ether oxygens (including phenoxy) is 2. The molecule has 70 valence electrons. The van der Waals surface area contributed by atoms with Gasteiger partial charge in [0, 0.05) is 0 Å². The van der Waals surface area contributed by atoms with E-state index in [1.807, 2.05) is 13.0 Å². The van der Waals surface area contributed by atoms with Crippen LogP contribution < -0.4 is 4.74 Å². The van der Waals surface area contributed by atoms with E-state index in [2.05, 4.69) is 0 Å². The maximum atomic E-state index is 13.2. The fourth-order valence-electron chi connectivity index (χ4n) is 1.27. The summed E-state index contributed by atoms with van der Waals surface area (Å²) in [5.74, 6) is -0.0651. The van der Waals surface area contributed by atoms with Crippen molar-refractivity contribution in [3.63, 3.8) is 0 Å². The highest BCUT2D eigenvalue weighted by molar-refractivity contribution is 5.34. The minimum absolute atomic E-state index is 0.271. The van der Waals surface area contributed by atoms with Gasteiger partial charge in [0.2, 0.25) is 0 Å². The van der Waals surface area contributed by atoms with Crippen molar-refractivity contribution in [3.05, 3.63) is 29.6 Å². The Morgan fingerprint density at radius 3 is 2.69 bits per heavy atom. The molecule has 13 heavy (non-hydrogen) atoms. The van der Waals surface area contributed by atoms with E-state index in [1.165, 1.54) is 13.2 Å². The normalized spacial score (nSPS) is 25.8. The third-order valence-electron chi connectivity index (χ3n) is 2.34. The molecule has 0 bridgehead atoms. The summed E-state index contributed by atoms with van der Waals surface area (Å²) in [7, 11) is 1.45. The summed E-state index contributed by atoms with van der Waals surface area (Å²) < 4.78 is 23.2. The highest BCUT2D eigenvalue weighted by Gasteiger charge is 2.41. The average molecular weight is 182 g/mol. The van der Waals surface area contributed by atoms with Gasteiger partial charge in [-0.2, -0.15) is 0 Å². The highest BCUT2D eigenvalue weighted by Crippen LogP contribution is 2.38. The van der Waals surface area contributed by atoms with Crippen LogP contribution in [0, 0.1) is 5.82 Å². The smallest absolute Gasteiger partial charge is 0.165 e. The Bertz CT molecular complexity index is 332. The van der Waals surface area contributed by atoms with Gasteiger partial charge >= 0.3 is 0 Å². The number of rotatable bonds is 2. The van der Waals surface area contributed by atoms with Crippen LogP contribution in [-0.2, 0) is 10.3 Å². The number of epoxide rings is 1. The largest absolute Gasteiger partial charge is 0.494 e. The zero-order valence-electron chi connectivity index (χ0n) is 7.63.